The summed E-state index contributed by atoms with van der Waals surface area (Å²) in [6.45, 7) is 0. The molecule has 0 atom stereocenters. The molecule has 10 aromatic carbocycles. The van der Waals surface area contributed by atoms with E-state index in [1.54, 1.807) is 0 Å². The molecular weight excluding hydrogens is 755 g/mol. The highest BCUT2D eigenvalue weighted by atomic mass is 16.3. The summed E-state index contributed by atoms with van der Waals surface area (Å²) in [6, 6.07) is 77.2. The Balaban J connectivity index is 1.08. The molecule has 288 valence electrons. The van der Waals surface area contributed by atoms with Crippen molar-refractivity contribution in [3.63, 3.8) is 0 Å². The molecule has 0 unspecified atom stereocenters. The van der Waals surface area contributed by atoms with E-state index in [0.29, 0.717) is 0 Å². The fourth-order valence-corrected chi connectivity index (χ4v) is 11.2. The molecule has 1 spiro atoms. The molecule has 0 radical (unpaired) electrons. The molecule has 0 bridgehead atoms. The van der Waals surface area contributed by atoms with E-state index in [0.717, 1.165) is 72.1 Å². The van der Waals surface area contributed by atoms with Gasteiger partial charge < -0.3 is 13.7 Å². The SMILES string of the molecule is c1ccc(N(c2ccc3c(c2)C2(c4ccccc4-c4ccccc42)c2ccccc2-3)c2ccc(-c3ccc4ccccc4c3)c3c2oc2ccc4oc5ccccc5c4c23)cc1. The maximum atomic E-state index is 7.23. The molecule has 2 aliphatic rings. The molecule has 14 rings (SSSR count). The van der Waals surface area contributed by atoms with E-state index in [4.69, 9.17) is 8.83 Å². The number of fused-ring (bicyclic) bond motifs is 18. The van der Waals surface area contributed by atoms with Gasteiger partial charge in [0.2, 0.25) is 0 Å². The molecule has 12 aromatic rings. The van der Waals surface area contributed by atoms with Crippen LogP contribution in [0.15, 0.2) is 221 Å². The fourth-order valence-electron chi connectivity index (χ4n) is 11.2. The molecule has 2 heterocycles. The van der Waals surface area contributed by atoms with Gasteiger partial charge >= 0.3 is 0 Å². The summed E-state index contributed by atoms with van der Waals surface area (Å²) in [4.78, 5) is 2.39. The first-order chi connectivity index (χ1) is 30.8. The number of furan rings is 2. The van der Waals surface area contributed by atoms with Crippen molar-refractivity contribution in [3.05, 3.63) is 235 Å². The second-order valence-corrected chi connectivity index (χ2v) is 16.7. The number of para-hydroxylation sites is 2. The van der Waals surface area contributed by atoms with Crippen molar-refractivity contribution in [1.82, 2.24) is 0 Å². The van der Waals surface area contributed by atoms with Gasteiger partial charge in [0.05, 0.1) is 11.1 Å². The van der Waals surface area contributed by atoms with E-state index >= 15 is 0 Å². The molecule has 3 nitrogen and oxygen atoms in total. The normalized spacial score (nSPS) is 13.3. The van der Waals surface area contributed by atoms with Gasteiger partial charge in [-0.25, -0.2) is 0 Å². The smallest absolute Gasteiger partial charge is 0.160 e. The molecule has 0 amide bonds. The van der Waals surface area contributed by atoms with Gasteiger partial charge in [-0.2, -0.15) is 0 Å². The summed E-state index contributed by atoms with van der Waals surface area (Å²) in [5.41, 5.74) is 18.6. The minimum atomic E-state index is -0.472. The first-order valence-corrected chi connectivity index (χ1v) is 21.3. The molecule has 2 aromatic heterocycles. The Morgan fingerprint density at radius 1 is 0.339 bits per heavy atom. The van der Waals surface area contributed by atoms with Crippen LogP contribution in [0.4, 0.5) is 17.1 Å². The average Bonchev–Trinajstić information content (AvgIpc) is 4.07. The summed E-state index contributed by atoms with van der Waals surface area (Å²) in [5.74, 6) is 0. The number of nitrogens with zero attached hydrogens (tertiary/aromatic N) is 1. The zero-order valence-corrected chi connectivity index (χ0v) is 33.5. The van der Waals surface area contributed by atoms with Gasteiger partial charge in [0.25, 0.3) is 0 Å². The Labute approximate surface area is 357 Å². The van der Waals surface area contributed by atoms with Gasteiger partial charge in [0, 0.05) is 32.9 Å². The van der Waals surface area contributed by atoms with E-state index < -0.39 is 5.41 Å². The molecule has 0 aliphatic heterocycles. The molecule has 0 saturated carbocycles. The third kappa shape index (κ3) is 4.39. The van der Waals surface area contributed by atoms with Crippen molar-refractivity contribution in [2.75, 3.05) is 4.90 Å². The van der Waals surface area contributed by atoms with Gasteiger partial charge in [-0.05, 0) is 121 Å². The highest BCUT2D eigenvalue weighted by Gasteiger charge is 2.51. The Bertz CT molecular complexity index is 3770. The standard InChI is InChI=1S/C59H35NO2/c1-2-16-39(17-3-1)60(40-28-29-45-44-20-8-12-24-49(44)59(50(45)35-40)47-22-10-6-18-42(47)43-19-7-11-23-48(43)59)51-31-30-41(38-27-26-36-14-4-5-15-37(36)34-38)56-57-54(62-58(51)56)33-32-53-55(57)46-21-9-13-25-52(46)61-53/h1-35H. The van der Waals surface area contributed by atoms with Crippen LogP contribution in [-0.4, -0.2) is 0 Å². The van der Waals surface area contributed by atoms with E-state index in [1.165, 1.54) is 55.3 Å². The van der Waals surface area contributed by atoms with Gasteiger partial charge in [0.15, 0.2) is 5.58 Å². The third-order valence-corrected chi connectivity index (χ3v) is 13.7. The molecule has 2 aliphatic carbocycles. The van der Waals surface area contributed by atoms with Crippen molar-refractivity contribution in [3.8, 4) is 33.4 Å². The number of hydrogen-bond donors (Lipinski definition) is 0. The van der Waals surface area contributed by atoms with E-state index in [1.807, 2.05) is 6.07 Å². The van der Waals surface area contributed by atoms with Crippen molar-refractivity contribution in [2.24, 2.45) is 0 Å². The number of rotatable bonds is 4. The van der Waals surface area contributed by atoms with Crippen LogP contribution in [0.5, 0.6) is 0 Å². The zero-order valence-electron chi connectivity index (χ0n) is 33.5. The Morgan fingerprint density at radius 3 is 1.68 bits per heavy atom. The van der Waals surface area contributed by atoms with Crippen molar-refractivity contribution in [2.45, 2.75) is 5.41 Å². The van der Waals surface area contributed by atoms with Crippen LogP contribution in [0.25, 0.3) is 88.0 Å². The first-order valence-electron chi connectivity index (χ1n) is 21.3. The van der Waals surface area contributed by atoms with Crippen LogP contribution in [-0.2, 0) is 5.41 Å². The lowest BCUT2D eigenvalue weighted by atomic mass is 9.70. The van der Waals surface area contributed by atoms with E-state index in [2.05, 4.69) is 211 Å². The Hall–Kier alpha value is -8.14. The lowest BCUT2D eigenvalue weighted by Crippen LogP contribution is -2.26. The highest BCUT2D eigenvalue weighted by Crippen LogP contribution is 2.63. The van der Waals surface area contributed by atoms with Gasteiger partial charge in [-0.15, -0.1) is 0 Å². The molecule has 3 heteroatoms. The van der Waals surface area contributed by atoms with Gasteiger partial charge in [-0.3, -0.25) is 0 Å². The quantitative estimate of drug-likeness (QED) is 0.178. The second kappa shape index (κ2) is 12.4. The lowest BCUT2D eigenvalue weighted by molar-refractivity contribution is 0.663. The molecule has 0 fully saturated rings. The Kier molecular flexibility index (Phi) is 6.76. The van der Waals surface area contributed by atoms with Crippen LogP contribution in [0, 0.1) is 0 Å². The van der Waals surface area contributed by atoms with Crippen LogP contribution < -0.4 is 4.90 Å². The molecule has 62 heavy (non-hydrogen) atoms. The predicted octanol–water partition coefficient (Wildman–Crippen LogP) is 16.1. The molecular formula is C59H35NO2. The van der Waals surface area contributed by atoms with Gasteiger partial charge in [0.1, 0.15) is 16.7 Å². The highest BCUT2D eigenvalue weighted by molar-refractivity contribution is 6.29. The fraction of sp³-hybridized carbons (Fsp3) is 0.0169. The van der Waals surface area contributed by atoms with Crippen LogP contribution >= 0.6 is 0 Å². The van der Waals surface area contributed by atoms with Crippen LogP contribution in [0.2, 0.25) is 0 Å². The Morgan fingerprint density at radius 2 is 0.935 bits per heavy atom. The van der Waals surface area contributed by atoms with Gasteiger partial charge in [-0.1, -0.05) is 158 Å². The van der Waals surface area contributed by atoms with Crippen molar-refractivity contribution >= 4 is 71.7 Å². The topological polar surface area (TPSA) is 29.5 Å². The second-order valence-electron chi connectivity index (χ2n) is 16.7. The van der Waals surface area contributed by atoms with E-state index in [-0.39, 0.29) is 0 Å². The molecule has 0 saturated heterocycles. The number of anilines is 3. The monoisotopic (exact) mass is 789 g/mol. The minimum Gasteiger partial charge on any atom is -0.456 e. The predicted molar refractivity (Wildman–Crippen MR) is 255 cm³/mol. The summed E-state index contributed by atoms with van der Waals surface area (Å²) in [5, 5.41) is 6.67. The zero-order chi connectivity index (χ0) is 40.5. The maximum Gasteiger partial charge on any atom is 0.160 e. The average molecular weight is 790 g/mol. The third-order valence-electron chi connectivity index (χ3n) is 13.7. The minimum absolute atomic E-state index is 0.472. The lowest BCUT2D eigenvalue weighted by Gasteiger charge is -2.32. The number of hydrogen-bond acceptors (Lipinski definition) is 3. The first kappa shape index (κ1) is 33.7. The van der Waals surface area contributed by atoms with Crippen molar-refractivity contribution in [1.29, 1.82) is 0 Å². The van der Waals surface area contributed by atoms with Crippen LogP contribution in [0.1, 0.15) is 22.3 Å². The summed E-state index contributed by atoms with van der Waals surface area (Å²) >= 11 is 0. The molecule has 0 N–H and O–H groups in total. The number of benzene rings is 10. The van der Waals surface area contributed by atoms with Crippen LogP contribution in [0.3, 0.4) is 0 Å². The van der Waals surface area contributed by atoms with Crippen molar-refractivity contribution < 1.29 is 8.83 Å². The summed E-state index contributed by atoms with van der Waals surface area (Å²) in [6.07, 6.45) is 0. The summed E-state index contributed by atoms with van der Waals surface area (Å²) in [7, 11) is 0. The largest absolute Gasteiger partial charge is 0.456 e. The maximum absolute atomic E-state index is 7.23. The summed E-state index contributed by atoms with van der Waals surface area (Å²) < 4.78 is 13.7. The van der Waals surface area contributed by atoms with E-state index in [9.17, 15) is 0 Å².